The Bertz CT molecular complexity index is 1040. The molecule has 3 rings (SSSR count). The zero-order valence-electron chi connectivity index (χ0n) is 17.6. The first-order valence-electron chi connectivity index (χ1n) is 9.66. The summed E-state index contributed by atoms with van der Waals surface area (Å²) in [6, 6.07) is 16.9. The smallest absolute Gasteiger partial charge is 0.255 e. The van der Waals surface area contributed by atoms with Gasteiger partial charge in [0.2, 0.25) is 5.91 Å². The molecule has 0 aliphatic carbocycles. The van der Waals surface area contributed by atoms with Crippen LogP contribution in [0.25, 0.3) is 16.9 Å². The highest BCUT2D eigenvalue weighted by Crippen LogP contribution is 2.31. The van der Waals surface area contributed by atoms with Crippen LogP contribution in [0.3, 0.4) is 0 Å². The molecule has 0 fully saturated rings. The average Bonchev–Trinajstić information content (AvgIpc) is 3.17. The van der Waals surface area contributed by atoms with Crippen molar-refractivity contribution in [2.24, 2.45) is 0 Å². The highest BCUT2D eigenvalue weighted by Gasteiger charge is 2.22. The molecule has 1 heterocycles. The Morgan fingerprint density at radius 2 is 1.70 bits per heavy atom. The van der Waals surface area contributed by atoms with E-state index in [0.29, 0.717) is 22.6 Å². The highest BCUT2D eigenvalue weighted by molar-refractivity contribution is 6.02. The molecular weight excluding hydrogens is 380 g/mol. The first kappa shape index (κ1) is 21.1. The summed E-state index contributed by atoms with van der Waals surface area (Å²) < 4.78 is 7.10. The van der Waals surface area contributed by atoms with E-state index in [1.807, 2.05) is 75.4 Å². The molecule has 2 amide bonds. The van der Waals surface area contributed by atoms with Crippen LogP contribution in [0.15, 0.2) is 60.8 Å². The van der Waals surface area contributed by atoms with Crippen LogP contribution in [0, 0.1) is 0 Å². The van der Waals surface area contributed by atoms with Crippen molar-refractivity contribution in [2.45, 2.75) is 26.3 Å². The van der Waals surface area contributed by atoms with Gasteiger partial charge in [0.05, 0.1) is 24.9 Å². The molecule has 7 nitrogen and oxygen atoms in total. The third kappa shape index (κ3) is 5.05. The fraction of sp³-hybridized carbons (Fsp3) is 0.261. The first-order chi connectivity index (χ1) is 14.3. The standard InChI is InChI=1S/C23H26N4O3/c1-23(2,3)25-20(28)14-24-22(29)18-15-27(16-10-6-5-7-11-16)26-21(18)17-12-8-9-13-19(17)30-4/h5-13,15H,14H2,1-4H3,(H,24,29)(H,25,28). The Balaban J connectivity index is 1.95. The second-order valence-electron chi connectivity index (χ2n) is 7.85. The Morgan fingerprint density at radius 3 is 2.37 bits per heavy atom. The van der Waals surface area contributed by atoms with Crippen molar-refractivity contribution in [3.63, 3.8) is 0 Å². The van der Waals surface area contributed by atoms with E-state index < -0.39 is 0 Å². The van der Waals surface area contributed by atoms with Crippen LogP contribution in [-0.2, 0) is 4.79 Å². The summed E-state index contributed by atoms with van der Waals surface area (Å²) in [6.07, 6.45) is 1.66. The van der Waals surface area contributed by atoms with Gasteiger partial charge in [0.25, 0.3) is 5.91 Å². The Hall–Kier alpha value is -3.61. The summed E-state index contributed by atoms with van der Waals surface area (Å²) in [5.74, 6) is -0.0392. The first-order valence-corrected chi connectivity index (χ1v) is 9.66. The number of nitrogens with one attached hydrogen (secondary N) is 2. The van der Waals surface area contributed by atoms with Crippen molar-refractivity contribution in [1.29, 1.82) is 0 Å². The third-order valence-electron chi connectivity index (χ3n) is 4.27. The SMILES string of the molecule is COc1ccccc1-c1nn(-c2ccccc2)cc1C(=O)NCC(=O)NC(C)(C)C. The zero-order chi connectivity index (χ0) is 21.7. The average molecular weight is 406 g/mol. The van der Waals surface area contributed by atoms with Gasteiger partial charge in [-0.2, -0.15) is 5.10 Å². The molecule has 0 saturated heterocycles. The van der Waals surface area contributed by atoms with Crippen molar-refractivity contribution < 1.29 is 14.3 Å². The predicted molar refractivity (Wildman–Crippen MR) is 116 cm³/mol. The summed E-state index contributed by atoms with van der Waals surface area (Å²) >= 11 is 0. The Labute approximate surface area is 176 Å². The molecule has 2 aromatic carbocycles. The number of amides is 2. The van der Waals surface area contributed by atoms with Crippen molar-refractivity contribution in [1.82, 2.24) is 20.4 Å². The fourth-order valence-electron chi connectivity index (χ4n) is 3.01. The van der Waals surface area contributed by atoms with Gasteiger partial charge >= 0.3 is 0 Å². The van der Waals surface area contributed by atoms with E-state index in [0.717, 1.165) is 5.69 Å². The molecule has 156 valence electrons. The second-order valence-corrected chi connectivity index (χ2v) is 7.85. The third-order valence-corrected chi connectivity index (χ3v) is 4.27. The lowest BCUT2D eigenvalue weighted by atomic mass is 10.1. The molecule has 7 heteroatoms. The molecule has 2 N–H and O–H groups in total. The van der Waals surface area contributed by atoms with Gasteiger partial charge < -0.3 is 15.4 Å². The minimum Gasteiger partial charge on any atom is -0.496 e. The highest BCUT2D eigenvalue weighted by atomic mass is 16.5. The lowest BCUT2D eigenvalue weighted by molar-refractivity contribution is -0.121. The molecule has 0 bridgehead atoms. The monoisotopic (exact) mass is 406 g/mol. The molecule has 0 spiro atoms. The van der Waals surface area contributed by atoms with Crippen LogP contribution in [-0.4, -0.2) is 40.8 Å². The number of rotatable bonds is 6. The Kier molecular flexibility index (Phi) is 6.20. The number of methoxy groups -OCH3 is 1. The molecule has 1 aromatic heterocycles. The Morgan fingerprint density at radius 1 is 1.03 bits per heavy atom. The second kappa shape index (κ2) is 8.82. The largest absolute Gasteiger partial charge is 0.496 e. The maximum absolute atomic E-state index is 13.0. The minimum absolute atomic E-state index is 0.127. The number of carbonyl (C=O) groups excluding carboxylic acids is 2. The summed E-state index contributed by atoms with van der Waals surface area (Å²) in [5.41, 5.74) is 1.97. The molecule has 0 aliphatic rings. The van der Waals surface area contributed by atoms with E-state index in [1.165, 1.54) is 0 Å². The van der Waals surface area contributed by atoms with E-state index >= 15 is 0 Å². The van der Waals surface area contributed by atoms with E-state index in [2.05, 4.69) is 15.7 Å². The van der Waals surface area contributed by atoms with Crippen LogP contribution in [0.1, 0.15) is 31.1 Å². The van der Waals surface area contributed by atoms with E-state index in [9.17, 15) is 9.59 Å². The number of ether oxygens (including phenoxy) is 1. The van der Waals surface area contributed by atoms with Crippen LogP contribution < -0.4 is 15.4 Å². The summed E-state index contributed by atoms with van der Waals surface area (Å²) in [5, 5.41) is 10.2. The number of carbonyl (C=O) groups is 2. The molecule has 30 heavy (non-hydrogen) atoms. The molecule has 3 aromatic rings. The number of nitrogens with zero attached hydrogens (tertiary/aromatic N) is 2. The lowest BCUT2D eigenvalue weighted by Gasteiger charge is -2.20. The van der Waals surface area contributed by atoms with Crippen LogP contribution >= 0.6 is 0 Å². The van der Waals surface area contributed by atoms with Crippen molar-refractivity contribution in [3.8, 4) is 22.7 Å². The van der Waals surface area contributed by atoms with Gasteiger partial charge in [0.15, 0.2) is 0 Å². The van der Waals surface area contributed by atoms with Crippen molar-refractivity contribution >= 4 is 11.8 Å². The molecule has 0 radical (unpaired) electrons. The molecule has 0 atom stereocenters. The quantitative estimate of drug-likeness (QED) is 0.658. The minimum atomic E-state index is -0.387. The van der Waals surface area contributed by atoms with Crippen molar-refractivity contribution in [3.05, 3.63) is 66.4 Å². The van der Waals surface area contributed by atoms with Gasteiger partial charge in [-0.15, -0.1) is 0 Å². The number of para-hydroxylation sites is 2. The van der Waals surface area contributed by atoms with Gasteiger partial charge in [-0.05, 0) is 45.0 Å². The molecular formula is C23H26N4O3. The maximum Gasteiger partial charge on any atom is 0.255 e. The van der Waals surface area contributed by atoms with Crippen LogP contribution in [0.5, 0.6) is 5.75 Å². The van der Waals surface area contributed by atoms with Gasteiger partial charge in [0.1, 0.15) is 11.4 Å². The number of hydrogen-bond donors (Lipinski definition) is 2. The van der Waals surface area contributed by atoms with Gasteiger partial charge in [-0.3, -0.25) is 9.59 Å². The fourth-order valence-corrected chi connectivity index (χ4v) is 3.01. The molecule has 0 saturated carbocycles. The summed E-state index contributed by atoms with van der Waals surface area (Å²) in [4.78, 5) is 25.1. The maximum atomic E-state index is 13.0. The normalized spacial score (nSPS) is 11.1. The van der Waals surface area contributed by atoms with Crippen LogP contribution in [0.4, 0.5) is 0 Å². The number of benzene rings is 2. The topological polar surface area (TPSA) is 85.2 Å². The van der Waals surface area contributed by atoms with Gasteiger partial charge in [-0.1, -0.05) is 30.3 Å². The van der Waals surface area contributed by atoms with Gasteiger partial charge in [-0.25, -0.2) is 4.68 Å². The van der Waals surface area contributed by atoms with Gasteiger partial charge in [0, 0.05) is 17.3 Å². The van der Waals surface area contributed by atoms with Crippen molar-refractivity contribution in [2.75, 3.05) is 13.7 Å². The predicted octanol–water partition coefficient (Wildman–Crippen LogP) is 3.19. The summed E-state index contributed by atoms with van der Waals surface area (Å²) in [7, 11) is 1.57. The van der Waals surface area contributed by atoms with E-state index in [-0.39, 0.29) is 23.9 Å². The zero-order valence-corrected chi connectivity index (χ0v) is 17.6. The van der Waals surface area contributed by atoms with E-state index in [4.69, 9.17) is 4.74 Å². The van der Waals surface area contributed by atoms with E-state index in [1.54, 1.807) is 18.0 Å². The molecule has 0 unspecified atom stereocenters. The lowest BCUT2D eigenvalue weighted by Crippen LogP contribution is -2.45. The number of hydrogen-bond acceptors (Lipinski definition) is 4. The summed E-state index contributed by atoms with van der Waals surface area (Å²) in [6.45, 7) is 5.53. The molecule has 0 aliphatic heterocycles. The van der Waals surface area contributed by atoms with Crippen LogP contribution in [0.2, 0.25) is 0 Å². The number of aromatic nitrogens is 2.